The van der Waals surface area contributed by atoms with E-state index in [2.05, 4.69) is 4.99 Å². The van der Waals surface area contributed by atoms with Gasteiger partial charge in [0, 0.05) is 6.21 Å². The van der Waals surface area contributed by atoms with Crippen LogP contribution in [0.25, 0.3) is 0 Å². The summed E-state index contributed by atoms with van der Waals surface area (Å²) in [5.41, 5.74) is 2.33. The van der Waals surface area contributed by atoms with Crippen LogP contribution in [0.15, 0.2) is 53.5 Å². The normalized spacial score (nSPS) is 11.5. The molecule has 2 aromatic rings. The Bertz CT molecular complexity index is 701. The molecule has 4 nitrogen and oxygen atoms in total. The Morgan fingerprint density at radius 2 is 1.67 bits per heavy atom. The molecule has 0 aliphatic rings. The van der Waals surface area contributed by atoms with Crippen LogP contribution in [0.2, 0.25) is 19.6 Å². The van der Waals surface area contributed by atoms with Crippen molar-refractivity contribution in [2.24, 2.45) is 4.99 Å². The molecule has 0 fully saturated rings. The molecule has 0 atom stereocenters. The van der Waals surface area contributed by atoms with E-state index >= 15 is 0 Å². The zero-order valence-corrected chi connectivity index (χ0v) is 15.6. The third kappa shape index (κ3) is 5.66. The number of rotatable bonds is 6. The average molecular weight is 341 g/mol. The fourth-order valence-electron chi connectivity index (χ4n) is 1.99. The maximum atomic E-state index is 12.0. The number of ether oxygens (including phenoxy) is 1. The summed E-state index contributed by atoms with van der Waals surface area (Å²) in [4.78, 5) is 16.4. The second-order valence-corrected chi connectivity index (χ2v) is 10.7. The Morgan fingerprint density at radius 3 is 2.21 bits per heavy atom. The van der Waals surface area contributed by atoms with Gasteiger partial charge in [0.2, 0.25) is 8.32 Å². The predicted molar refractivity (Wildman–Crippen MR) is 100 cm³/mol. The molecule has 24 heavy (non-hydrogen) atoms. The summed E-state index contributed by atoms with van der Waals surface area (Å²) >= 11 is 0. The first kappa shape index (κ1) is 17.9. The Kier molecular flexibility index (Phi) is 5.92. The summed E-state index contributed by atoms with van der Waals surface area (Å²) in [7, 11) is -1.88. The molecule has 0 saturated heterocycles. The van der Waals surface area contributed by atoms with E-state index in [0.717, 1.165) is 17.0 Å². The fourth-order valence-corrected chi connectivity index (χ4v) is 2.66. The number of aliphatic imine (C=N–C) groups is 1. The van der Waals surface area contributed by atoms with Crippen LogP contribution < -0.4 is 4.74 Å². The van der Waals surface area contributed by atoms with Gasteiger partial charge in [0.05, 0.1) is 17.9 Å². The topological polar surface area (TPSA) is 47.9 Å². The Hall–Kier alpha value is -2.40. The quantitative estimate of drug-likeness (QED) is 0.558. The minimum atomic E-state index is -1.88. The molecular weight excluding hydrogens is 318 g/mol. The monoisotopic (exact) mass is 341 g/mol. The predicted octanol–water partition coefficient (Wildman–Crippen LogP) is 4.83. The van der Waals surface area contributed by atoms with E-state index in [-0.39, 0.29) is 5.97 Å². The maximum absolute atomic E-state index is 12.0. The molecule has 2 aromatic carbocycles. The first-order valence-electron chi connectivity index (χ1n) is 7.98. The van der Waals surface area contributed by atoms with Crippen LogP contribution in [0.5, 0.6) is 5.75 Å². The molecule has 0 aromatic heterocycles. The summed E-state index contributed by atoms with van der Waals surface area (Å²) in [6.07, 6.45) is 1.78. The Balaban J connectivity index is 2.01. The van der Waals surface area contributed by atoms with Gasteiger partial charge >= 0.3 is 5.97 Å². The number of hydrogen-bond donors (Lipinski definition) is 0. The number of carbonyl (C=O) groups excluding carboxylic acids is 1. The number of nitrogens with zero attached hydrogens (tertiary/aromatic N) is 1. The third-order valence-electron chi connectivity index (χ3n) is 3.06. The van der Waals surface area contributed by atoms with Gasteiger partial charge in [-0.1, -0.05) is 0 Å². The van der Waals surface area contributed by atoms with Gasteiger partial charge < -0.3 is 9.16 Å². The molecule has 0 bridgehead atoms. The van der Waals surface area contributed by atoms with Crippen LogP contribution >= 0.6 is 0 Å². The molecule has 2 rings (SSSR count). The Morgan fingerprint density at radius 1 is 1.04 bits per heavy atom. The minimum absolute atomic E-state index is 0.267. The van der Waals surface area contributed by atoms with Crippen molar-refractivity contribution in [2.75, 3.05) is 6.61 Å². The van der Waals surface area contributed by atoms with E-state index in [0.29, 0.717) is 12.2 Å². The van der Waals surface area contributed by atoms with Crippen molar-refractivity contribution in [1.29, 1.82) is 0 Å². The molecule has 0 heterocycles. The standard InChI is InChI=1S/C19H23NO3Si/c1-5-22-18-12-6-15(7-13-18)14-20-17-10-8-16(9-11-17)19(21)23-24(2,3)4/h6-14H,5H2,1-4H3. The smallest absolute Gasteiger partial charge is 0.324 e. The van der Waals surface area contributed by atoms with Gasteiger partial charge in [0.15, 0.2) is 0 Å². The van der Waals surface area contributed by atoms with Gasteiger partial charge in [-0.3, -0.25) is 4.99 Å². The lowest BCUT2D eigenvalue weighted by atomic mass is 10.2. The van der Waals surface area contributed by atoms with E-state index in [4.69, 9.17) is 9.16 Å². The van der Waals surface area contributed by atoms with Crippen LogP contribution in [0, 0.1) is 0 Å². The van der Waals surface area contributed by atoms with Gasteiger partial charge in [-0.05, 0) is 80.7 Å². The molecule has 0 radical (unpaired) electrons. The van der Waals surface area contributed by atoms with E-state index in [1.54, 1.807) is 18.3 Å². The molecule has 5 heteroatoms. The summed E-state index contributed by atoms with van der Waals surface area (Å²) in [5.74, 6) is 0.580. The SMILES string of the molecule is CCOc1ccc(C=Nc2ccc(C(=O)O[Si](C)(C)C)cc2)cc1. The van der Waals surface area contributed by atoms with Gasteiger partial charge in [0.25, 0.3) is 0 Å². The van der Waals surface area contributed by atoms with E-state index in [1.807, 2.05) is 63.0 Å². The van der Waals surface area contributed by atoms with Crippen molar-refractivity contribution in [3.8, 4) is 5.75 Å². The molecular formula is C19H23NO3Si. The summed E-state index contributed by atoms with van der Waals surface area (Å²) < 4.78 is 10.9. The molecule has 0 unspecified atom stereocenters. The van der Waals surface area contributed by atoms with Crippen molar-refractivity contribution in [3.63, 3.8) is 0 Å². The van der Waals surface area contributed by atoms with Crippen molar-refractivity contribution < 1.29 is 14.0 Å². The second-order valence-electron chi connectivity index (χ2n) is 6.31. The zero-order chi connectivity index (χ0) is 17.6. The molecule has 0 saturated carbocycles. The van der Waals surface area contributed by atoms with Crippen LogP contribution in [0.3, 0.4) is 0 Å². The first-order valence-corrected chi connectivity index (χ1v) is 11.4. The van der Waals surface area contributed by atoms with E-state index < -0.39 is 8.32 Å². The third-order valence-corrected chi connectivity index (χ3v) is 3.85. The highest BCUT2D eigenvalue weighted by molar-refractivity contribution is 6.71. The highest BCUT2D eigenvalue weighted by atomic mass is 28.4. The van der Waals surface area contributed by atoms with Gasteiger partial charge in [0.1, 0.15) is 5.75 Å². The lowest BCUT2D eigenvalue weighted by molar-refractivity contribution is 0.0724. The molecule has 0 spiro atoms. The van der Waals surface area contributed by atoms with Crippen molar-refractivity contribution in [3.05, 3.63) is 59.7 Å². The molecule has 0 aliphatic carbocycles. The van der Waals surface area contributed by atoms with E-state index in [1.165, 1.54) is 0 Å². The molecule has 0 N–H and O–H groups in total. The lowest BCUT2D eigenvalue weighted by Gasteiger charge is -2.17. The lowest BCUT2D eigenvalue weighted by Crippen LogP contribution is -2.29. The van der Waals surface area contributed by atoms with Crippen LogP contribution in [-0.4, -0.2) is 27.1 Å². The molecule has 0 amide bonds. The van der Waals surface area contributed by atoms with Crippen molar-refractivity contribution in [2.45, 2.75) is 26.6 Å². The number of carbonyl (C=O) groups is 1. The van der Waals surface area contributed by atoms with Gasteiger partial charge in [-0.25, -0.2) is 4.79 Å². The minimum Gasteiger partial charge on any atom is -0.516 e. The maximum Gasteiger partial charge on any atom is 0.324 e. The highest BCUT2D eigenvalue weighted by Gasteiger charge is 2.20. The highest BCUT2D eigenvalue weighted by Crippen LogP contribution is 2.16. The molecule has 0 aliphatic heterocycles. The molecule has 126 valence electrons. The van der Waals surface area contributed by atoms with Crippen molar-refractivity contribution >= 4 is 26.2 Å². The summed E-state index contributed by atoms with van der Waals surface area (Å²) in [5, 5.41) is 0. The number of hydrogen-bond acceptors (Lipinski definition) is 4. The van der Waals surface area contributed by atoms with Crippen LogP contribution in [0.1, 0.15) is 22.8 Å². The summed E-state index contributed by atoms with van der Waals surface area (Å²) in [6, 6.07) is 14.8. The summed E-state index contributed by atoms with van der Waals surface area (Å²) in [6.45, 7) is 8.57. The second kappa shape index (κ2) is 7.92. The van der Waals surface area contributed by atoms with Crippen LogP contribution in [-0.2, 0) is 4.43 Å². The Labute approximate surface area is 144 Å². The van der Waals surface area contributed by atoms with Gasteiger partial charge in [-0.15, -0.1) is 0 Å². The van der Waals surface area contributed by atoms with E-state index in [9.17, 15) is 4.79 Å². The van der Waals surface area contributed by atoms with Gasteiger partial charge in [-0.2, -0.15) is 0 Å². The number of benzene rings is 2. The first-order chi connectivity index (χ1) is 11.4. The largest absolute Gasteiger partial charge is 0.516 e. The van der Waals surface area contributed by atoms with Crippen LogP contribution in [0.4, 0.5) is 5.69 Å². The zero-order valence-electron chi connectivity index (χ0n) is 14.6. The fraction of sp³-hybridized carbons (Fsp3) is 0.263. The average Bonchev–Trinajstić information content (AvgIpc) is 2.53. The van der Waals surface area contributed by atoms with Crippen molar-refractivity contribution in [1.82, 2.24) is 0 Å².